The van der Waals surface area contributed by atoms with Gasteiger partial charge in [-0.2, -0.15) is 11.8 Å². The first-order valence-electron chi connectivity index (χ1n) is 6.06. The monoisotopic (exact) mass is 253 g/mol. The van der Waals surface area contributed by atoms with Crippen molar-refractivity contribution >= 4 is 11.8 Å². The lowest BCUT2D eigenvalue weighted by atomic mass is 9.93. The third kappa shape index (κ3) is 2.93. The van der Waals surface area contributed by atoms with E-state index in [2.05, 4.69) is 18.8 Å². The van der Waals surface area contributed by atoms with Gasteiger partial charge in [0, 0.05) is 22.8 Å². The van der Waals surface area contributed by atoms with Crippen LogP contribution in [-0.2, 0) is 5.60 Å². The van der Waals surface area contributed by atoms with Crippen molar-refractivity contribution in [3.05, 3.63) is 24.0 Å². The van der Waals surface area contributed by atoms with Crippen molar-refractivity contribution in [1.82, 2.24) is 4.98 Å². The second-order valence-electron chi connectivity index (χ2n) is 4.62. The van der Waals surface area contributed by atoms with Gasteiger partial charge in [0.1, 0.15) is 11.4 Å². The van der Waals surface area contributed by atoms with E-state index in [1.54, 1.807) is 24.2 Å². The van der Waals surface area contributed by atoms with Crippen LogP contribution in [0.25, 0.3) is 0 Å². The molecule has 1 N–H and O–H groups in total. The largest absolute Gasteiger partial charge is 0.492 e. The lowest BCUT2D eigenvalue weighted by Gasteiger charge is -2.22. The summed E-state index contributed by atoms with van der Waals surface area (Å²) in [5.41, 5.74) is 0.144. The van der Waals surface area contributed by atoms with Gasteiger partial charge in [0.15, 0.2) is 0 Å². The van der Waals surface area contributed by atoms with Crippen LogP contribution < -0.4 is 4.74 Å². The Morgan fingerprint density at radius 1 is 1.59 bits per heavy atom. The number of pyridine rings is 1. The van der Waals surface area contributed by atoms with Gasteiger partial charge >= 0.3 is 0 Å². The lowest BCUT2D eigenvalue weighted by molar-refractivity contribution is 0.0605. The highest BCUT2D eigenvalue weighted by Crippen LogP contribution is 2.41. The van der Waals surface area contributed by atoms with Crippen LogP contribution in [0.3, 0.4) is 0 Å². The van der Waals surface area contributed by atoms with E-state index in [0.717, 1.165) is 29.9 Å². The van der Waals surface area contributed by atoms with Crippen LogP contribution in [0.5, 0.6) is 5.75 Å². The lowest BCUT2D eigenvalue weighted by Crippen LogP contribution is -2.25. The molecule has 0 aromatic carbocycles. The number of thioether (sulfide) groups is 1. The fraction of sp³-hybridized carbons (Fsp3) is 0.615. The molecule has 4 heteroatoms. The summed E-state index contributed by atoms with van der Waals surface area (Å²) in [5.74, 6) is 1.50. The van der Waals surface area contributed by atoms with Crippen molar-refractivity contribution in [2.75, 3.05) is 12.4 Å². The normalized spacial score (nSPS) is 28.3. The third-order valence-electron chi connectivity index (χ3n) is 2.96. The van der Waals surface area contributed by atoms with E-state index in [1.807, 2.05) is 6.07 Å². The molecule has 0 radical (unpaired) electrons. The van der Waals surface area contributed by atoms with Gasteiger partial charge in [0.05, 0.1) is 12.8 Å². The van der Waals surface area contributed by atoms with Gasteiger partial charge in [0.25, 0.3) is 0 Å². The minimum Gasteiger partial charge on any atom is -0.492 e. The number of aliphatic hydroxyl groups is 1. The Hall–Kier alpha value is -0.740. The van der Waals surface area contributed by atoms with Gasteiger partial charge in [-0.3, -0.25) is 4.98 Å². The fourth-order valence-corrected chi connectivity index (χ4v) is 3.29. The molecule has 2 unspecified atom stereocenters. The van der Waals surface area contributed by atoms with Gasteiger partial charge in [-0.05, 0) is 18.9 Å². The highest BCUT2D eigenvalue weighted by molar-refractivity contribution is 8.00. The average molecular weight is 253 g/mol. The molecule has 17 heavy (non-hydrogen) atoms. The van der Waals surface area contributed by atoms with Crippen molar-refractivity contribution in [2.45, 2.75) is 37.5 Å². The predicted molar refractivity (Wildman–Crippen MR) is 70.5 cm³/mol. The van der Waals surface area contributed by atoms with E-state index in [-0.39, 0.29) is 0 Å². The first kappa shape index (κ1) is 12.7. The Bertz CT molecular complexity index is 385. The van der Waals surface area contributed by atoms with Crippen LogP contribution in [0, 0.1) is 0 Å². The Kier molecular flexibility index (Phi) is 3.94. The molecule has 2 rings (SSSR count). The first-order chi connectivity index (χ1) is 8.14. The average Bonchev–Trinajstić information content (AvgIpc) is 2.68. The van der Waals surface area contributed by atoms with Gasteiger partial charge in [-0.15, -0.1) is 0 Å². The van der Waals surface area contributed by atoms with E-state index in [4.69, 9.17) is 4.74 Å². The molecule has 1 aliphatic rings. The van der Waals surface area contributed by atoms with Crippen LogP contribution in [0.1, 0.15) is 32.3 Å². The topological polar surface area (TPSA) is 42.4 Å². The van der Waals surface area contributed by atoms with Gasteiger partial charge < -0.3 is 9.84 Å². The molecule has 0 amide bonds. The highest BCUT2D eigenvalue weighted by Gasteiger charge is 2.38. The summed E-state index contributed by atoms with van der Waals surface area (Å²) in [6.45, 7) is 4.91. The molecular weight excluding hydrogens is 234 g/mol. The molecule has 1 aromatic heterocycles. The van der Waals surface area contributed by atoms with E-state index in [9.17, 15) is 5.11 Å². The SMILES string of the molecule is CCCOc1cncc(C2(O)CSC(C)C2)c1. The molecule has 0 spiro atoms. The smallest absolute Gasteiger partial charge is 0.137 e. The molecule has 94 valence electrons. The summed E-state index contributed by atoms with van der Waals surface area (Å²) in [5, 5.41) is 11.1. The van der Waals surface area contributed by atoms with Crippen molar-refractivity contribution in [3.8, 4) is 5.75 Å². The Labute approximate surface area is 107 Å². The Morgan fingerprint density at radius 2 is 2.41 bits per heavy atom. The van der Waals surface area contributed by atoms with E-state index < -0.39 is 5.60 Å². The first-order valence-corrected chi connectivity index (χ1v) is 7.11. The summed E-state index contributed by atoms with van der Waals surface area (Å²) in [4.78, 5) is 4.16. The standard InChI is InChI=1S/C13H19NO2S/c1-3-4-16-12-5-11(7-14-8-12)13(15)6-10(2)17-9-13/h5,7-8,10,15H,3-4,6,9H2,1-2H3. The second-order valence-corrected chi connectivity index (χ2v) is 6.04. The quantitative estimate of drug-likeness (QED) is 0.895. The molecular formula is C13H19NO2S. The molecule has 0 bridgehead atoms. The van der Waals surface area contributed by atoms with E-state index >= 15 is 0 Å². The highest BCUT2D eigenvalue weighted by atomic mass is 32.2. The zero-order chi connectivity index (χ0) is 12.3. The van der Waals surface area contributed by atoms with Crippen molar-refractivity contribution in [2.24, 2.45) is 0 Å². The van der Waals surface area contributed by atoms with E-state index in [1.165, 1.54) is 0 Å². The maximum absolute atomic E-state index is 10.6. The third-order valence-corrected chi connectivity index (χ3v) is 4.34. The number of aromatic nitrogens is 1. The van der Waals surface area contributed by atoms with Crippen molar-refractivity contribution in [3.63, 3.8) is 0 Å². The molecule has 0 saturated carbocycles. The molecule has 0 aliphatic carbocycles. The van der Waals surface area contributed by atoms with Crippen LogP contribution in [0.2, 0.25) is 0 Å². The van der Waals surface area contributed by atoms with Crippen molar-refractivity contribution < 1.29 is 9.84 Å². The summed E-state index contributed by atoms with van der Waals surface area (Å²) >= 11 is 1.80. The summed E-state index contributed by atoms with van der Waals surface area (Å²) in [7, 11) is 0. The Morgan fingerprint density at radius 3 is 3.06 bits per heavy atom. The molecule has 2 atom stereocenters. The number of hydrogen-bond donors (Lipinski definition) is 1. The molecule has 1 aliphatic heterocycles. The summed E-state index contributed by atoms with van der Waals surface area (Å²) in [6.07, 6.45) is 5.21. The number of nitrogens with zero attached hydrogens (tertiary/aromatic N) is 1. The Balaban J connectivity index is 2.15. The zero-order valence-corrected chi connectivity index (χ0v) is 11.2. The van der Waals surface area contributed by atoms with Crippen LogP contribution in [0.15, 0.2) is 18.5 Å². The molecule has 3 nitrogen and oxygen atoms in total. The fourth-order valence-electron chi connectivity index (χ4n) is 2.05. The minimum atomic E-state index is -0.733. The number of rotatable bonds is 4. The minimum absolute atomic E-state index is 0.500. The van der Waals surface area contributed by atoms with Gasteiger partial charge in [-0.25, -0.2) is 0 Å². The van der Waals surface area contributed by atoms with Gasteiger partial charge in [-0.1, -0.05) is 13.8 Å². The summed E-state index contributed by atoms with van der Waals surface area (Å²) < 4.78 is 5.55. The second kappa shape index (κ2) is 5.27. The zero-order valence-electron chi connectivity index (χ0n) is 10.3. The number of hydrogen-bond acceptors (Lipinski definition) is 4. The van der Waals surface area contributed by atoms with Crippen LogP contribution in [-0.4, -0.2) is 27.7 Å². The maximum atomic E-state index is 10.6. The molecule has 1 saturated heterocycles. The number of ether oxygens (including phenoxy) is 1. The van der Waals surface area contributed by atoms with Crippen molar-refractivity contribution in [1.29, 1.82) is 0 Å². The molecule has 1 aromatic rings. The summed E-state index contributed by atoms with van der Waals surface area (Å²) in [6, 6.07) is 1.92. The maximum Gasteiger partial charge on any atom is 0.137 e. The van der Waals surface area contributed by atoms with Crippen LogP contribution in [0.4, 0.5) is 0 Å². The van der Waals surface area contributed by atoms with E-state index in [0.29, 0.717) is 11.9 Å². The molecule has 2 heterocycles. The van der Waals surface area contributed by atoms with Gasteiger partial charge in [0.2, 0.25) is 0 Å². The molecule has 1 fully saturated rings. The predicted octanol–water partition coefficient (Wildman–Crippen LogP) is 2.58. The van der Waals surface area contributed by atoms with Crippen LogP contribution >= 0.6 is 11.8 Å².